The van der Waals surface area contributed by atoms with Crippen molar-refractivity contribution < 1.29 is 22.6 Å². The maximum Gasteiger partial charge on any atom is 0.433 e. The molecule has 0 amide bonds. The first-order valence-corrected chi connectivity index (χ1v) is 5.39. The Bertz CT molecular complexity index is 358. The highest BCUT2D eigenvalue weighted by molar-refractivity contribution is 5.35. The third kappa shape index (κ3) is 5.33. The number of ether oxygens (including phenoxy) is 2. The maximum atomic E-state index is 12.4. The molecular formula is C11H15F3N2O2. The van der Waals surface area contributed by atoms with Crippen molar-refractivity contribution >= 4 is 5.82 Å². The van der Waals surface area contributed by atoms with E-state index in [1.165, 1.54) is 12.1 Å². The van der Waals surface area contributed by atoms with Crippen molar-refractivity contribution in [2.45, 2.75) is 6.18 Å². The summed E-state index contributed by atoms with van der Waals surface area (Å²) < 4.78 is 47.0. The average Bonchev–Trinajstić information content (AvgIpc) is 2.33. The number of anilines is 1. The van der Waals surface area contributed by atoms with Crippen molar-refractivity contribution in [1.82, 2.24) is 4.98 Å². The summed E-state index contributed by atoms with van der Waals surface area (Å²) in [4.78, 5) is 3.46. The Morgan fingerprint density at radius 2 is 2.00 bits per heavy atom. The van der Waals surface area contributed by atoms with Gasteiger partial charge in [0.25, 0.3) is 0 Å². The van der Waals surface area contributed by atoms with E-state index in [0.717, 1.165) is 6.07 Å². The highest BCUT2D eigenvalue weighted by atomic mass is 19.4. The van der Waals surface area contributed by atoms with Crippen LogP contribution in [-0.4, -0.2) is 38.5 Å². The first-order chi connectivity index (χ1) is 8.54. The summed E-state index contributed by atoms with van der Waals surface area (Å²) in [7, 11) is 1.56. The Hall–Kier alpha value is -1.34. The monoisotopic (exact) mass is 264 g/mol. The lowest BCUT2D eigenvalue weighted by Crippen LogP contribution is -2.14. The van der Waals surface area contributed by atoms with Crippen LogP contribution in [-0.2, 0) is 15.7 Å². The number of halogens is 3. The standard InChI is InChI=1S/C11H15F3N2O2/c1-17-7-8-18-6-5-15-10-4-2-3-9(16-10)11(12,13)14/h2-4H,5-8H2,1H3,(H,15,16). The highest BCUT2D eigenvalue weighted by Crippen LogP contribution is 2.27. The molecule has 0 atom stereocenters. The van der Waals surface area contributed by atoms with Crippen molar-refractivity contribution in [2.24, 2.45) is 0 Å². The third-order valence-corrected chi connectivity index (χ3v) is 2.02. The lowest BCUT2D eigenvalue weighted by Gasteiger charge is -2.09. The van der Waals surface area contributed by atoms with E-state index >= 15 is 0 Å². The molecule has 0 radical (unpaired) electrons. The molecule has 0 fully saturated rings. The van der Waals surface area contributed by atoms with Crippen LogP contribution in [0.3, 0.4) is 0 Å². The van der Waals surface area contributed by atoms with E-state index in [0.29, 0.717) is 26.4 Å². The smallest absolute Gasteiger partial charge is 0.382 e. The molecule has 0 saturated heterocycles. The number of nitrogens with zero attached hydrogens (tertiary/aromatic N) is 1. The number of alkyl halides is 3. The van der Waals surface area contributed by atoms with Crippen LogP contribution in [0.4, 0.5) is 19.0 Å². The van der Waals surface area contributed by atoms with Gasteiger partial charge >= 0.3 is 6.18 Å². The summed E-state index contributed by atoms with van der Waals surface area (Å²) in [6.07, 6.45) is -4.42. The second-order valence-electron chi connectivity index (χ2n) is 3.44. The molecule has 4 nitrogen and oxygen atoms in total. The van der Waals surface area contributed by atoms with Crippen LogP contribution >= 0.6 is 0 Å². The van der Waals surface area contributed by atoms with Gasteiger partial charge in [0, 0.05) is 13.7 Å². The quantitative estimate of drug-likeness (QED) is 0.766. The van der Waals surface area contributed by atoms with Crippen molar-refractivity contribution in [3.8, 4) is 0 Å². The summed E-state index contributed by atoms with van der Waals surface area (Å²) in [6.45, 7) is 1.70. The molecule has 1 N–H and O–H groups in total. The zero-order valence-corrected chi connectivity index (χ0v) is 9.96. The van der Waals surface area contributed by atoms with Gasteiger partial charge in [0.05, 0.1) is 19.8 Å². The summed E-state index contributed by atoms with van der Waals surface area (Å²) >= 11 is 0. The molecule has 0 aromatic carbocycles. The van der Waals surface area contributed by atoms with Crippen molar-refractivity contribution in [2.75, 3.05) is 38.8 Å². The van der Waals surface area contributed by atoms with E-state index in [-0.39, 0.29) is 5.82 Å². The summed E-state index contributed by atoms with van der Waals surface area (Å²) in [5.41, 5.74) is -0.909. The molecule has 102 valence electrons. The zero-order chi connectivity index (χ0) is 13.4. The average molecular weight is 264 g/mol. The first-order valence-electron chi connectivity index (χ1n) is 5.39. The minimum Gasteiger partial charge on any atom is -0.382 e. The Kier molecular flexibility index (Phi) is 5.87. The predicted octanol–water partition coefficient (Wildman–Crippen LogP) is 2.18. The molecule has 1 aromatic heterocycles. The fourth-order valence-electron chi connectivity index (χ4n) is 1.19. The third-order valence-electron chi connectivity index (χ3n) is 2.02. The summed E-state index contributed by atoms with van der Waals surface area (Å²) in [5, 5.41) is 2.76. The van der Waals surface area contributed by atoms with Gasteiger partial charge in [-0.2, -0.15) is 13.2 Å². The van der Waals surface area contributed by atoms with Crippen LogP contribution in [0.25, 0.3) is 0 Å². The molecule has 0 saturated carbocycles. The molecule has 1 heterocycles. The summed E-state index contributed by atoms with van der Waals surface area (Å²) in [6, 6.07) is 3.72. The topological polar surface area (TPSA) is 43.4 Å². The molecule has 18 heavy (non-hydrogen) atoms. The Balaban J connectivity index is 2.34. The van der Waals surface area contributed by atoms with Gasteiger partial charge in [-0.1, -0.05) is 6.07 Å². The number of aromatic nitrogens is 1. The van der Waals surface area contributed by atoms with E-state index in [1.807, 2.05) is 0 Å². The van der Waals surface area contributed by atoms with Gasteiger partial charge in [-0.25, -0.2) is 4.98 Å². The van der Waals surface area contributed by atoms with E-state index in [4.69, 9.17) is 9.47 Å². The van der Waals surface area contributed by atoms with Gasteiger partial charge in [-0.3, -0.25) is 0 Å². The minimum atomic E-state index is -4.42. The van der Waals surface area contributed by atoms with E-state index in [2.05, 4.69) is 10.3 Å². The molecule has 0 aliphatic rings. The molecule has 0 aliphatic heterocycles. The van der Waals surface area contributed by atoms with Crippen LogP contribution < -0.4 is 5.32 Å². The highest BCUT2D eigenvalue weighted by Gasteiger charge is 2.32. The molecule has 0 aliphatic carbocycles. The summed E-state index contributed by atoms with van der Waals surface area (Å²) in [5.74, 6) is 0.181. The fraction of sp³-hybridized carbons (Fsp3) is 0.545. The molecule has 1 aromatic rings. The van der Waals surface area contributed by atoms with Crippen molar-refractivity contribution in [3.63, 3.8) is 0 Å². The molecule has 7 heteroatoms. The van der Waals surface area contributed by atoms with Gasteiger partial charge in [0.2, 0.25) is 0 Å². The zero-order valence-electron chi connectivity index (χ0n) is 9.96. The van der Waals surface area contributed by atoms with Gasteiger partial charge in [0.15, 0.2) is 0 Å². The normalized spacial score (nSPS) is 11.6. The Morgan fingerprint density at radius 1 is 1.22 bits per heavy atom. The number of rotatable bonds is 7. The van der Waals surface area contributed by atoms with Gasteiger partial charge < -0.3 is 14.8 Å². The number of hydrogen-bond acceptors (Lipinski definition) is 4. The molecule has 0 bridgehead atoms. The fourth-order valence-corrected chi connectivity index (χ4v) is 1.19. The van der Waals surface area contributed by atoms with E-state index < -0.39 is 11.9 Å². The largest absolute Gasteiger partial charge is 0.433 e. The minimum absolute atomic E-state index is 0.181. The lowest BCUT2D eigenvalue weighted by atomic mass is 10.3. The Morgan fingerprint density at radius 3 is 2.67 bits per heavy atom. The van der Waals surface area contributed by atoms with Gasteiger partial charge in [-0.05, 0) is 12.1 Å². The van der Waals surface area contributed by atoms with Crippen molar-refractivity contribution in [3.05, 3.63) is 23.9 Å². The SMILES string of the molecule is COCCOCCNc1cccc(C(F)(F)F)n1. The lowest BCUT2D eigenvalue weighted by molar-refractivity contribution is -0.141. The van der Waals surface area contributed by atoms with Crippen LogP contribution in [0.2, 0.25) is 0 Å². The number of pyridine rings is 1. The second kappa shape index (κ2) is 7.17. The predicted molar refractivity (Wildman–Crippen MR) is 60.4 cm³/mol. The van der Waals surface area contributed by atoms with Crippen LogP contribution in [0.15, 0.2) is 18.2 Å². The molecule has 0 unspecified atom stereocenters. The van der Waals surface area contributed by atoms with E-state index in [9.17, 15) is 13.2 Å². The van der Waals surface area contributed by atoms with Crippen LogP contribution in [0.5, 0.6) is 0 Å². The maximum absolute atomic E-state index is 12.4. The molecule has 1 rings (SSSR count). The second-order valence-corrected chi connectivity index (χ2v) is 3.44. The number of nitrogens with one attached hydrogen (secondary N) is 1. The van der Waals surface area contributed by atoms with Crippen LogP contribution in [0.1, 0.15) is 5.69 Å². The number of methoxy groups -OCH3 is 1. The molecular weight excluding hydrogens is 249 g/mol. The number of hydrogen-bond donors (Lipinski definition) is 1. The molecule has 0 spiro atoms. The van der Waals surface area contributed by atoms with Gasteiger partial charge in [-0.15, -0.1) is 0 Å². The van der Waals surface area contributed by atoms with Crippen molar-refractivity contribution in [1.29, 1.82) is 0 Å². The van der Waals surface area contributed by atoms with Crippen LogP contribution in [0, 0.1) is 0 Å². The van der Waals surface area contributed by atoms with Gasteiger partial charge in [0.1, 0.15) is 11.5 Å². The first kappa shape index (κ1) is 14.7. The van der Waals surface area contributed by atoms with E-state index in [1.54, 1.807) is 7.11 Å². The Labute approximate surface area is 103 Å².